The minimum Gasteiger partial charge on any atom is -0.0620 e. The van der Waals surface area contributed by atoms with Gasteiger partial charge in [-0.3, -0.25) is 0 Å². The first-order valence-electron chi connectivity index (χ1n) is 6.89. The van der Waals surface area contributed by atoms with Gasteiger partial charge in [0.15, 0.2) is 0 Å². The molecular weight excluding hydrogens is 406 g/mol. The van der Waals surface area contributed by atoms with Crippen LogP contribution in [0.2, 0.25) is 0 Å². The summed E-state index contributed by atoms with van der Waals surface area (Å²) in [5.41, 5.74) is 0. The molecular formula is C20H17O2PRh+. The Kier molecular flexibility index (Phi) is 12.4. The van der Waals surface area contributed by atoms with E-state index in [2.05, 4.69) is 105 Å². The fraction of sp³-hybridized carbons (Fsp3) is 0. The van der Waals surface area contributed by atoms with Gasteiger partial charge in [-0.2, -0.15) is 0 Å². The van der Waals surface area contributed by atoms with Crippen LogP contribution in [0, 0.1) is 0 Å². The molecule has 4 heteroatoms. The molecule has 122 valence electrons. The van der Waals surface area contributed by atoms with Gasteiger partial charge in [0, 0.05) is 0 Å². The standard InChI is InChI=1S/C18H15P.2CO.Rh.H/c1-4-10-16(11-5-1)19(17-12-6-2-7-13-17)18-14-8-3-9-15-18;2*1-2;;/h1-15H;;;;/q;2*-1;+2;/p+1. The van der Waals surface area contributed by atoms with E-state index in [1.807, 2.05) is 0 Å². The average Bonchev–Trinajstić information content (AvgIpc) is 2.68. The van der Waals surface area contributed by atoms with Crippen molar-refractivity contribution in [1.29, 1.82) is 0 Å². The molecule has 2 nitrogen and oxygen atoms in total. The van der Waals surface area contributed by atoms with Gasteiger partial charge in [-0.05, 0) is 36.4 Å². The summed E-state index contributed by atoms with van der Waals surface area (Å²) in [7, 11) is -0.877. The fourth-order valence-corrected chi connectivity index (χ4v) is 4.89. The maximum Gasteiger partial charge on any atom is 0.102 e. The topological polar surface area (TPSA) is 34.1 Å². The molecule has 0 spiro atoms. The third kappa shape index (κ3) is 6.28. The Morgan fingerprint density at radius 3 is 0.875 bits per heavy atom. The van der Waals surface area contributed by atoms with E-state index in [0.717, 1.165) is 0 Å². The minimum atomic E-state index is -0.877. The van der Waals surface area contributed by atoms with Gasteiger partial charge in [0.1, 0.15) is 15.9 Å². The number of hydrogen-bond donors (Lipinski definition) is 0. The molecule has 0 aliphatic rings. The van der Waals surface area contributed by atoms with Gasteiger partial charge >= 0.3 is 19.5 Å². The summed E-state index contributed by atoms with van der Waals surface area (Å²) in [6.07, 6.45) is 0. The monoisotopic (exact) mass is 423 g/mol. The van der Waals surface area contributed by atoms with E-state index >= 15 is 0 Å². The summed E-state index contributed by atoms with van der Waals surface area (Å²) in [6.45, 7) is 9.00. The van der Waals surface area contributed by atoms with E-state index in [4.69, 9.17) is 9.59 Å². The number of hydrogen-bond acceptors (Lipinski definition) is 2. The molecule has 0 heterocycles. The van der Waals surface area contributed by atoms with Gasteiger partial charge in [0.25, 0.3) is 0 Å². The van der Waals surface area contributed by atoms with Crippen molar-refractivity contribution >= 4 is 37.4 Å². The second-order valence-corrected chi connectivity index (χ2v) is 6.96. The van der Waals surface area contributed by atoms with Crippen molar-refractivity contribution in [2.45, 2.75) is 0 Å². The van der Waals surface area contributed by atoms with Crippen LogP contribution < -0.4 is 15.9 Å². The van der Waals surface area contributed by atoms with E-state index in [0.29, 0.717) is 0 Å². The molecule has 0 N–H and O–H groups in total. The molecule has 0 aliphatic heterocycles. The third-order valence-corrected chi connectivity index (χ3v) is 5.92. The van der Waals surface area contributed by atoms with Gasteiger partial charge < -0.3 is 23.2 Å². The van der Waals surface area contributed by atoms with Gasteiger partial charge in [-0.25, -0.2) is 0 Å². The molecule has 0 atom stereocenters. The Labute approximate surface area is 157 Å². The fourth-order valence-electron chi connectivity index (χ4n) is 2.31. The van der Waals surface area contributed by atoms with Crippen molar-refractivity contribution in [2.24, 2.45) is 0 Å². The van der Waals surface area contributed by atoms with Crippen molar-refractivity contribution in [3.63, 3.8) is 0 Å². The number of rotatable bonds is 3. The minimum absolute atomic E-state index is 0. The number of benzene rings is 3. The third-order valence-electron chi connectivity index (χ3n) is 3.19. The first kappa shape index (κ1) is 22.1. The predicted molar refractivity (Wildman–Crippen MR) is 99.3 cm³/mol. The van der Waals surface area contributed by atoms with Gasteiger partial charge in [0.05, 0.1) is 7.92 Å². The molecule has 0 aromatic heterocycles. The predicted octanol–water partition coefficient (Wildman–Crippen LogP) is 2.11. The molecule has 3 aromatic carbocycles. The normalized spacial score (nSPS) is 8.71. The first-order valence-corrected chi connectivity index (χ1v) is 8.39. The number of carbonyl (C=O) groups excluding carboxylic acids is 2. The van der Waals surface area contributed by atoms with Crippen LogP contribution in [0.3, 0.4) is 0 Å². The molecule has 3 aromatic rings. The van der Waals surface area contributed by atoms with Crippen molar-refractivity contribution < 1.29 is 29.1 Å². The maximum atomic E-state index is 7.50. The Morgan fingerprint density at radius 2 is 0.667 bits per heavy atom. The summed E-state index contributed by atoms with van der Waals surface area (Å²) in [4.78, 5) is 15.0. The van der Waals surface area contributed by atoms with Crippen molar-refractivity contribution in [1.82, 2.24) is 0 Å². The SMILES string of the molecule is [C-]=O.[C-]=O.[RhH+2].c1ccc([PH+](c2ccccc2)c2ccccc2)cc1. The summed E-state index contributed by atoms with van der Waals surface area (Å²) < 4.78 is 0. The molecule has 0 saturated carbocycles. The zero-order valence-electron chi connectivity index (χ0n) is 12.8. The first-order chi connectivity index (χ1) is 11.4. The Hall–Kier alpha value is -1.95. The maximum absolute atomic E-state index is 7.50. The second kappa shape index (κ2) is 13.5. The van der Waals surface area contributed by atoms with Crippen LogP contribution in [0.5, 0.6) is 0 Å². The van der Waals surface area contributed by atoms with E-state index in [1.54, 1.807) is 0 Å². The van der Waals surface area contributed by atoms with Crippen LogP contribution in [0.4, 0.5) is 0 Å². The smallest absolute Gasteiger partial charge is 0.0620 e. The van der Waals surface area contributed by atoms with Crippen molar-refractivity contribution in [2.75, 3.05) is 0 Å². The Balaban J connectivity index is 0.000000987. The molecule has 0 saturated heterocycles. The summed E-state index contributed by atoms with van der Waals surface area (Å²) in [6, 6.07) is 32.5. The molecule has 0 unspecified atom stereocenters. The molecule has 0 bridgehead atoms. The molecule has 3 radical (unpaired) electrons. The quantitative estimate of drug-likeness (QED) is 0.368. The second-order valence-electron chi connectivity index (χ2n) is 4.47. The Bertz CT molecular complexity index is 567. The van der Waals surface area contributed by atoms with Crippen LogP contribution in [0.15, 0.2) is 91.0 Å². The van der Waals surface area contributed by atoms with Crippen LogP contribution >= 0.6 is 7.92 Å². The van der Waals surface area contributed by atoms with Crippen LogP contribution in [0.25, 0.3) is 0 Å². The molecule has 3 rings (SSSR count). The van der Waals surface area contributed by atoms with Gasteiger partial charge in [-0.15, -0.1) is 0 Å². The van der Waals surface area contributed by atoms with Crippen LogP contribution in [-0.2, 0) is 29.1 Å². The summed E-state index contributed by atoms with van der Waals surface area (Å²) in [5.74, 6) is 0. The summed E-state index contributed by atoms with van der Waals surface area (Å²) in [5, 5.41) is 4.31. The van der Waals surface area contributed by atoms with E-state index in [1.165, 1.54) is 15.9 Å². The van der Waals surface area contributed by atoms with Gasteiger partial charge in [-0.1, -0.05) is 54.6 Å². The summed E-state index contributed by atoms with van der Waals surface area (Å²) >= 11 is 0. The van der Waals surface area contributed by atoms with Gasteiger partial charge in [0.2, 0.25) is 0 Å². The molecule has 0 fully saturated rings. The zero-order chi connectivity index (χ0) is 16.9. The molecule has 24 heavy (non-hydrogen) atoms. The van der Waals surface area contributed by atoms with Crippen molar-refractivity contribution in [3.05, 3.63) is 91.0 Å². The van der Waals surface area contributed by atoms with Crippen LogP contribution in [0.1, 0.15) is 0 Å². The average molecular weight is 423 g/mol. The largest absolute Gasteiger partial charge is 0.102 e. The zero-order valence-corrected chi connectivity index (χ0v) is 15.6. The van der Waals surface area contributed by atoms with Crippen molar-refractivity contribution in [3.8, 4) is 0 Å². The van der Waals surface area contributed by atoms with E-state index in [9.17, 15) is 0 Å². The molecule has 0 aliphatic carbocycles. The molecule has 0 amide bonds. The van der Waals surface area contributed by atoms with Crippen LogP contribution in [-0.4, -0.2) is 13.6 Å². The van der Waals surface area contributed by atoms with E-state index < -0.39 is 7.92 Å². The Morgan fingerprint density at radius 1 is 0.458 bits per heavy atom. The van der Waals surface area contributed by atoms with E-state index in [-0.39, 0.29) is 19.5 Å².